The highest BCUT2D eigenvalue weighted by Crippen LogP contribution is 2.24. The second-order valence-corrected chi connectivity index (χ2v) is 8.45. The van der Waals surface area contributed by atoms with Crippen LogP contribution in [0.5, 0.6) is 0 Å². The van der Waals surface area contributed by atoms with Crippen molar-refractivity contribution in [1.29, 1.82) is 0 Å². The Balaban J connectivity index is 1.82. The molecule has 2 aromatic heterocycles. The van der Waals surface area contributed by atoms with Crippen LogP contribution in [-0.4, -0.2) is 40.7 Å². The number of carbonyl (C=O) groups excluding carboxylic acids is 1. The van der Waals surface area contributed by atoms with Gasteiger partial charge in [0.25, 0.3) is 5.56 Å². The lowest BCUT2D eigenvalue weighted by Gasteiger charge is -2.24. The summed E-state index contributed by atoms with van der Waals surface area (Å²) in [5, 5.41) is 0. The molecular formula is C25H33N5O5. The molecule has 188 valence electrons. The maximum atomic E-state index is 13.2. The topological polar surface area (TPSA) is 136 Å². The molecule has 3 rings (SSSR count). The summed E-state index contributed by atoms with van der Waals surface area (Å²) in [6.45, 7) is 6.69. The van der Waals surface area contributed by atoms with E-state index in [-0.39, 0.29) is 43.4 Å². The summed E-state index contributed by atoms with van der Waals surface area (Å²) in [7, 11) is 1.50. The fourth-order valence-corrected chi connectivity index (χ4v) is 3.72. The predicted octanol–water partition coefficient (Wildman–Crippen LogP) is 2.80. The second kappa shape index (κ2) is 11.7. The molecule has 10 nitrogen and oxygen atoms in total. The third kappa shape index (κ3) is 6.07. The number of rotatable bonds is 11. The number of oxazole rings is 1. The number of anilines is 2. The average molecular weight is 484 g/mol. The van der Waals surface area contributed by atoms with Gasteiger partial charge in [-0.3, -0.25) is 19.1 Å². The molecule has 0 spiro atoms. The van der Waals surface area contributed by atoms with Gasteiger partial charge in [-0.2, -0.15) is 0 Å². The fourth-order valence-electron chi connectivity index (χ4n) is 3.72. The van der Waals surface area contributed by atoms with E-state index < -0.39 is 11.2 Å². The van der Waals surface area contributed by atoms with Gasteiger partial charge in [0.1, 0.15) is 5.82 Å². The fraction of sp³-hybridized carbons (Fsp3) is 0.440. The minimum absolute atomic E-state index is 0.0313. The van der Waals surface area contributed by atoms with Crippen molar-refractivity contribution in [2.75, 3.05) is 30.9 Å². The Labute approximate surface area is 203 Å². The van der Waals surface area contributed by atoms with Crippen LogP contribution in [0.25, 0.3) is 11.3 Å². The first-order chi connectivity index (χ1) is 16.8. The lowest BCUT2D eigenvalue weighted by molar-refractivity contribution is -0.118. The number of methoxy groups -OCH3 is 1. The van der Waals surface area contributed by atoms with Crippen LogP contribution in [0.4, 0.5) is 11.5 Å². The molecule has 35 heavy (non-hydrogen) atoms. The maximum absolute atomic E-state index is 13.2. The third-order valence-electron chi connectivity index (χ3n) is 5.94. The van der Waals surface area contributed by atoms with E-state index in [2.05, 4.69) is 9.97 Å². The highest BCUT2D eigenvalue weighted by Gasteiger charge is 2.24. The number of benzene rings is 1. The van der Waals surface area contributed by atoms with Crippen LogP contribution in [0.15, 0.2) is 38.4 Å². The summed E-state index contributed by atoms with van der Waals surface area (Å²) in [6, 6.07) is 6.01. The van der Waals surface area contributed by atoms with Crippen LogP contribution in [0.2, 0.25) is 0 Å². The van der Waals surface area contributed by atoms with Crippen LogP contribution >= 0.6 is 0 Å². The van der Waals surface area contributed by atoms with E-state index in [0.29, 0.717) is 24.6 Å². The number of aromatic nitrogens is 3. The summed E-state index contributed by atoms with van der Waals surface area (Å²) < 4.78 is 12.3. The molecule has 1 aromatic carbocycles. The van der Waals surface area contributed by atoms with Crippen molar-refractivity contribution in [2.24, 2.45) is 0 Å². The van der Waals surface area contributed by atoms with Gasteiger partial charge >= 0.3 is 5.69 Å². The Kier molecular flexibility index (Phi) is 8.64. The number of hydrogen-bond acceptors (Lipinski definition) is 7. The van der Waals surface area contributed by atoms with Crippen LogP contribution in [0.3, 0.4) is 0 Å². The van der Waals surface area contributed by atoms with Gasteiger partial charge < -0.3 is 19.8 Å². The van der Waals surface area contributed by atoms with E-state index in [0.717, 1.165) is 17.5 Å². The summed E-state index contributed by atoms with van der Waals surface area (Å²) in [5.41, 5.74) is 8.10. The molecule has 0 aliphatic rings. The number of H-pyrrole nitrogens is 1. The van der Waals surface area contributed by atoms with Gasteiger partial charge in [-0.15, -0.1) is 0 Å². The molecule has 0 saturated carbocycles. The number of aryl methyl sites for hydroxylation is 3. The van der Waals surface area contributed by atoms with Gasteiger partial charge in [-0.25, -0.2) is 9.78 Å². The molecule has 2 heterocycles. The molecule has 3 aromatic rings. The maximum Gasteiger partial charge on any atom is 0.330 e. The predicted molar refractivity (Wildman–Crippen MR) is 135 cm³/mol. The zero-order valence-electron chi connectivity index (χ0n) is 20.7. The highest BCUT2D eigenvalue weighted by atomic mass is 16.5. The molecule has 1 amide bonds. The lowest BCUT2D eigenvalue weighted by atomic mass is 10.1. The first-order valence-electron chi connectivity index (χ1n) is 11.7. The zero-order valence-corrected chi connectivity index (χ0v) is 20.7. The summed E-state index contributed by atoms with van der Waals surface area (Å²) in [6.07, 6.45) is 3.45. The molecule has 10 heteroatoms. The standard InChI is InChI=1S/C25H33N5O5/c1-5-6-11-30-23(26)22(24(32)28-25(30)33)29(12-13-34-4)21(31)10-9-20-27-15-19(35-20)18-8-7-16(2)17(3)14-18/h7-8,14-15H,5-6,9-13,26H2,1-4H3,(H,28,32,33). The van der Waals surface area contributed by atoms with Gasteiger partial charge in [0, 0.05) is 38.6 Å². The average Bonchev–Trinajstić information content (AvgIpc) is 3.30. The summed E-state index contributed by atoms with van der Waals surface area (Å²) in [4.78, 5) is 46.0. The molecule has 0 unspecified atom stereocenters. The Morgan fingerprint density at radius 3 is 2.71 bits per heavy atom. The number of nitrogens with one attached hydrogen (secondary N) is 1. The highest BCUT2D eigenvalue weighted by molar-refractivity contribution is 5.95. The lowest BCUT2D eigenvalue weighted by Crippen LogP contribution is -2.42. The van der Waals surface area contributed by atoms with E-state index >= 15 is 0 Å². The smallest absolute Gasteiger partial charge is 0.330 e. The number of nitrogen functional groups attached to an aromatic ring is 1. The van der Waals surface area contributed by atoms with Gasteiger partial charge in [-0.05, 0) is 37.5 Å². The van der Waals surface area contributed by atoms with Crippen molar-refractivity contribution in [3.8, 4) is 11.3 Å². The van der Waals surface area contributed by atoms with Crippen molar-refractivity contribution >= 4 is 17.4 Å². The van der Waals surface area contributed by atoms with Crippen LogP contribution in [0.1, 0.15) is 43.2 Å². The minimum atomic E-state index is -0.710. The minimum Gasteiger partial charge on any atom is -0.441 e. The molecule has 0 saturated heterocycles. The Morgan fingerprint density at radius 1 is 1.26 bits per heavy atom. The number of hydrogen-bond donors (Lipinski definition) is 2. The van der Waals surface area contributed by atoms with E-state index in [1.807, 2.05) is 39.0 Å². The van der Waals surface area contributed by atoms with Crippen LogP contribution in [0, 0.1) is 13.8 Å². The Morgan fingerprint density at radius 2 is 2.03 bits per heavy atom. The number of carbonyl (C=O) groups is 1. The number of amides is 1. The third-order valence-corrected chi connectivity index (χ3v) is 5.94. The van der Waals surface area contributed by atoms with Gasteiger partial charge in [0.15, 0.2) is 17.3 Å². The monoisotopic (exact) mass is 483 g/mol. The van der Waals surface area contributed by atoms with Crippen LogP contribution < -0.4 is 21.9 Å². The molecule has 0 atom stereocenters. The number of nitrogens with zero attached hydrogens (tertiary/aromatic N) is 3. The number of ether oxygens (including phenoxy) is 1. The van der Waals surface area contributed by atoms with Crippen molar-refractivity contribution in [3.05, 3.63) is 62.3 Å². The van der Waals surface area contributed by atoms with Gasteiger partial charge in [-0.1, -0.05) is 25.5 Å². The molecule has 0 bridgehead atoms. The van der Waals surface area contributed by atoms with E-state index in [9.17, 15) is 14.4 Å². The molecule has 0 fully saturated rings. The Hall–Kier alpha value is -3.66. The molecule has 0 radical (unpaired) electrons. The zero-order chi connectivity index (χ0) is 25.5. The SMILES string of the molecule is CCCCn1c(N)c(N(CCOC)C(=O)CCc2ncc(-c3ccc(C)c(C)c3)o2)c(=O)[nH]c1=O. The van der Waals surface area contributed by atoms with E-state index in [4.69, 9.17) is 14.9 Å². The molecule has 3 N–H and O–H groups in total. The van der Waals surface area contributed by atoms with Crippen molar-refractivity contribution in [2.45, 2.75) is 53.0 Å². The number of nitrogens with two attached hydrogens (primary N) is 1. The Bertz CT molecular complexity index is 1290. The van der Waals surface area contributed by atoms with E-state index in [1.54, 1.807) is 6.20 Å². The first-order valence-corrected chi connectivity index (χ1v) is 11.7. The number of aromatic amines is 1. The summed E-state index contributed by atoms with van der Waals surface area (Å²) >= 11 is 0. The normalized spacial score (nSPS) is 11.1. The first kappa shape index (κ1) is 26.0. The van der Waals surface area contributed by atoms with Crippen molar-refractivity contribution in [3.63, 3.8) is 0 Å². The quantitative estimate of drug-likeness (QED) is 0.428. The van der Waals surface area contributed by atoms with Gasteiger partial charge in [0.05, 0.1) is 12.8 Å². The largest absolute Gasteiger partial charge is 0.441 e. The van der Waals surface area contributed by atoms with Gasteiger partial charge in [0.2, 0.25) is 5.91 Å². The molecule has 0 aliphatic carbocycles. The molecule has 0 aliphatic heterocycles. The van der Waals surface area contributed by atoms with Crippen molar-refractivity contribution in [1.82, 2.24) is 14.5 Å². The summed E-state index contributed by atoms with van der Waals surface area (Å²) in [5.74, 6) is 0.638. The van der Waals surface area contributed by atoms with E-state index in [1.165, 1.54) is 22.1 Å². The van der Waals surface area contributed by atoms with Crippen molar-refractivity contribution < 1.29 is 13.9 Å². The number of unbranched alkanes of at least 4 members (excludes halogenated alkanes) is 1. The second-order valence-electron chi connectivity index (χ2n) is 8.45. The van der Waals surface area contributed by atoms with Crippen LogP contribution in [-0.2, 0) is 22.5 Å². The molecular weight excluding hydrogens is 450 g/mol.